The summed E-state index contributed by atoms with van der Waals surface area (Å²) in [5, 5.41) is 40.5. The Kier molecular flexibility index (Phi) is 6.17. The van der Waals surface area contributed by atoms with Crippen LogP contribution in [0.1, 0.15) is 18.4 Å². The first kappa shape index (κ1) is 20.5. The van der Waals surface area contributed by atoms with Gasteiger partial charge in [-0.2, -0.15) is 0 Å². The van der Waals surface area contributed by atoms with Gasteiger partial charge in [0, 0.05) is 0 Å². The van der Waals surface area contributed by atoms with E-state index in [1.54, 1.807) is 14.0 Å². The molecule has 2 unspecified atom stereocenters. The second-order valence-electron chi connectivity index (χ2n) is 6.86. The predicted molar refractivity (Wildman–Crippen MR) is 98.8 cm³/mol. The van der Waals surface area contributed by atoms with Gasteiger partial charge in [-0.15, -0.1) is 0 Å². The lowest BCUT2D eigenvalue weighted by Gasteiger charge is -2.38. The number of rotatable bonds is 5. The number of hydrogen-bond donors (Lipinski definition) is 4. The molecule has 0 amide bonds. The number of esters is 1. The third-order valence-corrected chi connectivity index (χ3v) is 5.00. The number of hydrogen-bond acceptors (Lipinski definition) is 8. The molecule has 1 saturated heterocycles. The molecule has 2 aromatic carbocycles. The minimum absolute atomic E-state index is 0.365. The minimum atomic E-state index is -1.67. The maximum absolute atomic E-state index is 12.4. The summed E-state index contributed by atoms with van der Waals surface area (Å²) in [7, 11) is 1.60. The molecular formula is C20H24O8. The van der Waals surface area contributed by atoms with Gasteiger partial charge in [0.05, 0.1) is 13.0 Å². The lowest BCUT2D eigenvalue weighted by Crippen LogP contribution is -2.58. The number of carbonyl (C=O) groups is 1. The lowest BCUT2D eigenvalue weighted by atomic mass is 9.97. The minimum Gasteiger partial charge on any atom is -0.497 e. The molecule has 0 spiro atoms. The molecule has 8 nitrogen and oxygen atoms in total. The van der Waals surface area contributed by atoms with Crippen molar-refractivity contribution < 1.29 is 39.4 Å². The maximum atomic E-state index is 12.4. The molecule has 1 aliphatic rings. The molecule has 0 aliphatic carbocycles. The molecule has 1 heterocycles. The van der Waals surface area contributed by atoms with Crippen LogP contribution in [0.5, 0.6) is 5.75 Å². The van der Waals surface area contributed by atoms with Crippen molar-refractivity contribution in [2.24, 2.45) is 0 Å². The van der Waals surface area contributed by atoms with Crippen LogP contribution in [0, 0.1) is 0 Å². The fourth-order valence-corrected chi connectivity index (χ4v) is 3.13. The van der Waals surface area contributed by atoms with Gasteiger partial charge in [0.2, 0.25) is 0 Å². The Morgan fingerprint density at radius 2 is 1.71 bits per heavy atom. The van der Waals surface area contributed by atoms with Gasteiger partial charge in [0.1, 0.15) is 36.8 Å². The summed E-state index contributed by atoms with van der Waals surface area (Å²) in [6.07, 6.45) is -7.53. The fourth-order valence-electron chi connectivity index (χ4n) is 3.13. The molecule has 0 aromatic heterocycles. The largest absolute Gasteiger partial charge is 0.497 e. The van der Waals surface area contributed by atoms with E-state index in [0.717, 1.165) is 22.1 Å². The van der Waals surface area contributed by atoms with Crippen LogP contribution in [0.3, 0.4) is 0 Å². The van der Waals surface area contributed by atoms with E-state index in [1.807, 2.05) is 36.4 Å². The van der Waals surface area contributed by atoms with Crippen molar-refractivity contribution in [3.8, 4) is 5.75 Å². The van der Waals surface area contributed by atoms with Gasteiger partial charge in [0.15, 0.2) is 6.29 Å². The first-order chi connectivity index (χ1) is 13.3. The molecule has 3 rings (SSSR count). The van der Waals surface area contributed by atoms with Gasteiger partial charge in [-0.3, -0.25) is 4.79 Å². The average molecular weight is 392 g/mol. The van der Waals surface area contributed by atoms with Gasteiger partial charge in [-0.1, -0.05) is 24.3 Å². The van der Waals surface area contributed by atoms with Crippen LogP contribution < -0.4 is 4.74 Å². The summed E-state index contributed by atoms with van der Waals surface area (Å²) in [5.74, 6) is -0.375. The highest BCUT2D eigenvalue weighted by molar-refractivity contribution is 5.86. The van der Waals surface area contributed by atoms with Crippen molar-refractivity contribution in [2.75, 3.05) is 13.7 Å². The van der Waals surface area contributed by atoms with Gasteiger partial charge in [0.25, 0.3) is 0 Å². The number of aliphatic hydroxyl groups excluding tert-OH is 4. The second-order valence-corrected chi connectivity index (χ2v) is 6.86. The van der Waals surface area contributed by atoms with E-state index in [1.165, 1.54) is 0 Å². The Bertz CT molecular complexity index is 838. The Morgan fingerprint density at radius 1 is 1.04 bits per heavy atom. The highest BCUT2D eigenvalue weighted by Gasteiger charge is 2.43. The Hall–Kier alpha value is -2.23. The molecule has 6 atom stereocenters. The Morgan fingerprint density at radius 3 is 2.43 bits per heavy atom. The van der Waals surface area contributed by atoms with Crippen LogP contribution in [0.25, 0.3) is 10.8 Å². The van der Waals surface area contributed by atoms with Crippen molar-refractivity contribution in [3.63, 3.8) is 0 Å². The van der Waals surface area contributed by atoms with E-state index in [4.69, 9.17) is 14.2 Å². The van der Waals surface area contributed by atoms with E-state index in [2.05, 4.69) is 0 Å². The molecule has 152 valence electrons. The zero-order chi connectivity index (χ0) is 20.4. The average Bonchev–Trinajstić information content (AvgIpc) is 2.72. The van der Waals surface area contributed by atoms with Crippen molar-refractivity contribution >= 4 is 16.7 Å². The first-order valence-electron chi connectivity index (χ1n) is 8.94. The maximum Gasteiger partial charge on any atom is 0.313 e. The fraction of sp³-hybridized carbons (Fsp3) is 0.450. The van der Waals surface area contributed by atoms with E-state index in [-0.39, 0.29) is 6.61 Å². The van der Waals surface area contributed by atoms with Crippen LogP contribution in [0.4, 0.5) is 0 Å². The summed E-state index contributed by atoms with van der Waals surface area (Å²) in [5.41, 5.74) is 0.753. The van der Waals surface area contributed by atoms with E-state index >= 15 is 0 Å². The summed E-state index contributed by atoms with van der Waals surface area (Å²) in [6, 6.07) is 11.2. The molecule has 4 N–H and O–H groups in total. The Balaban J connectivity index is 1.65. The SMILES string of the molecule is COc1ccc2cc(C(C)C(=O)OC[C@H]3OC(O)[C@H](O)[C@@H](O)[C@@H]3O)ccc2c1. The summed E-state index contributed by atoms with van der Waals surface area (Å²) < 4.78 is 15.4. The third kappa shape index (κ3) is 4.11. The molecule has 1 fully saturated rings. The van der Waals surface area contributed by atoms with E-state index < -0.39 is 42.6 Å². The lowest BCUT2D eigenvalue weighted by molar-refractivity contribution is -0.287. The number of carbonyl (C=O) groups excluding carboxylic acids is 1. The van der Waals surface area contributed by atoms with Crippen LogP contribution >= 0.6 is 0 Å². The molecule has 0 saturated carbocycles. The first-order valence-corrected chi connectivity index (χ1v) is 8.94. The van der Waals surface area contributed by atoms with Crippen molar-refractivity contribution in [3.05, 3.63) is 42.0 Å². The quantitative estimate of drug-likeness (QED) is 0.535. The molecule has 1 aliphatic heterocycles. The van der Waals surface area contributed by atoms with Crippen LogP contribution in [-0.4, -0.2) is 70.8 Å². The summed E-state index contributed by atoms with van der Waals surface area (Å²) in [6.45, 7) is 1.33. The number of fused-ring (bicyclic) bond motifs is 1. The topological polar surface area (TPSA) is 126 Å². The number of aliphatic hydroxyl groups is 4. The van der Waals surface area contributed by atoms with E-state index in [0.29, 0.717) is 0 Å². The Labute approximate surface area is 161 Å². The number of methoxy groups -OCH3 is 1. The van der Waals surface area contributed by atoms with E-state index in [9.17, 15) is 25.2 Å². The van der Waals surface area contributed by atoms with Crippen molar-refractivity contribution in [1.29, 1.82) is 0 Å². The summed E-state index contributed by atoms with van der Waals surface area (Å²) in [4.78, 5) is 12.4. The standard InChI is InChI=1S/C20H24O8/c1-10(11-3-4-13-8-14(26-2)6-5-12(13)7-11)19(24)27-9-15-16(21)17(22)18(23)20(25)28-15/h3-8,10,15-18,20-23,25H,9H2,1-2H3/t10?,15-,16-,17+,18-,20?/m1/s1. The normalized spacial score (nSPS) is 28.7. The monoisotopic (exact) mass is 392 g/mol. The number of benzene rings is 2. The molecule has 0 bridgehead atoms. The molecule has 2 aromatic rings. The van der Waals surface area contributed by atoms with Crippen LogP contribution in [0.2, 0.25) is 0 Å². The zero-order valence-electron chi connectivity index (χ0n) is 15.6. The number of ether oxygens (including phenoxy) is 3. The summed E-state index contributed by atoms with van der Waals surface area (Å²) >= 11 is 0. The molecule has 28 heavy (non-hydrogen) atoms. The van der Waals surface area contributed by atoms with Gasteiger partial charge in [-0.25, -0.2) is 0 Å². The van der Waals surface area contributed by atoms with Gasteiger partial charge < -0.3 is 34.6 Å². The van der Waals surface area contributed by atoms with Gasteiger partial charge in [-0.05, 0) is 35.4 Å². The van der Waals surface area contributed by atoms with Crippen molar-refractivity contribution in [2.45, 2.75) is 43.5 Å². The smallest absolute Gasteiger partial charge is 0.313 e. The predicted octanol–water partition coefficient (Wildman–Crippen LogP) is 0.295. The van der Waals surface area contributed by atoms with Crippen LogP contribution in [0.15, 0.2) is 36.4 Å². The van der Waals surface area contributed by atoms with Crippen LogP contribution in [-0.2, 0) is 14.3 Å². The molecule has 8 heteroatoms. The molecular weight excluding hydrogens is 368 g/mol. The highest BCUT2D eigenvalue weighted by atomic mass is 16.6. The molecule has 0 radical (unpaired) electrons. The second kappa shape index (κ2) is 8.42. The highest BCUT2D eigenvalue weighted by Crippen LogP contribution is 2.26. The zero-order valence-corrected chi connectivity index (χ0v) is 15.6. The van der Waals surface area contributed by atoms with Gasteiger partial charge >= 0.3 is 5.97 Å². The third-order valence-electron chi connectivity index (χ3n) is 5.00. The van der Waals surface area contributed by atoms with Crippen molar-refractivity contribution in [1.82, 2.24) is 0 Å².